The summed E-state index contributed by atoms with van der Waals surface area (Å²) in [6.45, 7) is 3.01. The fraction of sp³-hybridized carbons (Fsp3) is 0.600. The Morgan fingerprint density at radius 3 is 2.85 bits per heavy atom. The van der Waals surface area contributed by atoms with Crippen molar-refractivity contribution in [2.45, 2.75) is 24.9 Å². The molecule has 2 N–H and O–H groups in total. The van der Waals surface area contributed by atoms with Crippen molar-refractivity contribution in [3.63, 3.8) is 0 Å². The summed E-state index contributed by atoms with van der Waals surface area (Å²) >= 11 is 6.09. The Bertz CT molecular complexity index is 434. The Morgan fingerprint density at radius 1 is 1.40 bits per heavy atom. The average Bonchev–Trinajstić information content (AvgIpc) is 2.56. The zero-order chi connectivity index (χ0) is 14.7. The number of hydrogen-bond donors (Lipinski definition) is 1. The Kier molecular flexibility index (Phi) is 5.38. The number of halogens is 2. The van der Waals surface area contributed by atoms with Crippen molar-refractivity contribution in [1.82, 2.24) is 9.80 Å². The quantitative estimate of drug-likeness (QED) is 0.926. The molecular formula is C15H23ClFN3. The maximum Gasteiger partial charge on any atom is 0.127 e. The second-order valence-electron chi connectivity index (χ2n) is 5.73. The molecule has 1 saturated heterocycles. The molecule has 20 heavy (non-hydrogen) atoms. The molecule has 2 rings (SSSR count). The van der Waals surface area contributed by atoms with Crippen molar-refractivity contribution in [2.24, 2.45) is 5.73 Å². The van der Waals surface area contributed by atoms with Gasteiger partial charge in [0, 0.05) is 29.2 Å². The summed E-state index contributed by atoms with van der Waals surface area (Å²) in [7, 11) is 4.20. The summed E-state index contributed by atoms with van der Waals surface area (Å²) in [4.78, 5) is 4.57. The largest absolute Gasteiger partial charge is 0.326 e. The Morgan fingerprint density at radius 2 is 2.15 bits per heavy atom. The van der Waals surface area contributed by atoms with E-state index in [4.69, 9.17) is 17.3 Å². The van der Waals surface area contributed by atoms with Crippen LogP contribution in [0.5, 0.6) is 0 Å². The second-order valence-corrected chi connectivity index (χ2v) is 6.14. The molecule has 0 radical (unpaired) electrons. The molecule has 1 heterocycles. The highest BCUT2D eigenvalue weighted by molar-refractivity contribution is 6.31. The van der Waals surface area contributed by atoms with Crippen LogP contribution in [0.15, 0.2) is 18.2 Å². The molecule has 112 valence electrons. The van der Waals surface area contributed by atoms with Crippen molar-refractivity contribution in [3.8, 4) is 0 Å². The van der Waals surface area contributed by atoms with Crippen LogP contribution in [0.3, 0.4) is 0 Å². The SMILES string of the molecule is CN1CCCN(C)C(C(N)Cc2c(F)cccc2Cl)C1. The van der Waals surface area contributed by atoms with E-state index in [1.165, 1.54) is 6.07 Å². The smallest absolute Gasteiger partial charge is 0.127 e. The highest BCUT2D eigenvalue weighted by atomic mass is 35.5. The van der Waals surface area contributed by atoms with E-state index in [0.29, 0.717) is 17.0 Å². The topological polar surface area (TPSA) is 32.5 Å². The average molecular weight is 300 g/mol. The third-order valence-corrected chi connectivity index (χ3v) is 4.47. The van der Waals surface area contributed by atoms with Crippen LogP contribution in [0.25, 0.3) is 0 Å². The Hall–Kier alpha value is -0.680. The maximum absolute atomic E-state index is 13.9. The minimum Gasteiger partial charge on any atom is -0.326 e. The normalized spacial score (nSPS) is 23.6. The van der Waals surface area contributed by atoms with E-state index in [1.807, 2.05) is 0 Å². The fourth-order valence-corrected chi connectivity index (χ4v) is 3.11. The first kappa shape index (κ1) is 15.7. The Labute approximate surface area is 125 Å². The van der Waals surface area contributed by atoms with E-state index in [9.17, 15) is 4.39 Å². The molecule has 2 unspecified atom stereocenters. The third-order valence-electron chi connectivity index (χ3n) is 4.11. The van der Waals surface area contributed by atoms with Crippen molar-refractivity contribution in [1.29, 1.82) is 0 Å². The van der Waals surface area contributed by atoms with Gasteiger partial charge in [-0.3, -0.25) is 0 Å². The zero-order valence-electron chi connectivity index (χ0n) is 12.1. The van der Waals surface area contributed by atoms with Crippen molar-refractivity contribution in [2.75, 3.05) is 33.7 Å². The van der Waals surface area contributed by atoms with Gasteiger partial charge in [-0.2, -0.15) is 0 Å². The summed E-state index contributed by atoms with van der Waals surface area (Å²) in [6.07, 6.45) is 1.60. The Balaban J connectivity index is 2.12. The molecule has 1 aliphatic heterocycles. The monoisotopic (exact) mass is 299 g/mol. The van der Waals surface area contributed by atoms with Gasteiger partial charge in [0.15, 0.2) is 0 Å². The van der Waals surface area contributed by atoms with E-state index in [0.717, 1.165) is 26.1 Å². The highest BCUT2D eigenvalue weighted by Gasteiger charge is 2.27. The molecule has 1 aliphatic rings. The molecule has 2 atom stereocenters. The molecule has 0 spiro atoms. The first-order valence-corrected chi connectivity index (χ1v) is 7.44. The van der Waals surface area contributed by atoms with Crippen LogP contribution in [0.1, 0.15) is 12.0 Å². The third kappa shape index (κ3) is 3.70. The van der Waals surface area contributed by atoms with Crippen LogP contribution < -0.4 is 5.73 Å². The van der Waals surface area contributed by atoms with Crippen molar-refractivity contribution >= 4 is 11.6 Å². The summed E-state index contributed by atoms with van der Waals surface area (Å²) in [5.41, 5.74) is 6.88. The van der Waals surface area contributed by atoms with Crippen LogP contribution >= 0.6 is 11.6 Å². The van der Waals surface area contributed by atoms with Crippen LogP contribution in [-0.4, -0.2) is 55.6 Å². The van der Waals surface area contributed by atoms with Gasteiger partial charge in [-0.25, -0.2) is 4.39 Å². The summed E-state index contributed by atoms with van der Waals surface area (Å²) in [5, 5.41) is 0.463. The van der Waals surface area contributed by atoms with E-state index in [2.05, 4.69) is 23.9 Å². The summed E-state index contributed by atoms with van der Waals surface area (Å²) in [5.74, 6) is -0.266. The predicted molar refractivity (Wildman–Crippen MR) is 81.6 cm³/mol. The lowest BCUT2D eigenvalue weighted by Gasteiger charge is -2.32. The van der Waals surface area contributed by atoms with E-state index in [-0.39, 0.29) is 17.9 Å². The number of rotatable bonds is 3. The van der Waals surface area contributed by atoms with Crippen LogP contribution in [0.4, 0.5) is 4.39 Å². The predicted octanol–water partition coefficient (Wildman–Crippen LogP) is 1.98. The van der Waals surface area contributed by atoms with Gasteiger partial charge in [-0.1, -0.05) is 17.7 Å². The number of likely N-dealkylation sites (N-methyl/N-ethyl adjacent to an activating group) is 2. The lowest BCUT2D eigenvalue weighted by atomic mass is 9.98. The lowest BCUT2D eigenvalue weighted by molar-refractivity contribution is 0.194. The highest BCUT2D eigenvalue weighted by Crippen LogP contribution is 2.22. The molecule has 0 aromatic heterocycles. The van der Waals surface area contributed by atoms with Gasteiger partial charge in [0.05, 0.1) is 0 Å². The fourth-order valence-electron chi connectivity index (χ4n) is 2.87. The second kappa shape index (κ2) is 6.85. The number of nitrogens with two attached hydrogens (primary N) is 1. The van der Waals surface area contributed by atoms with Gasteiger partial charge in [0.2, 0.25) is 0 Å². The van der Waals surface area contributed by atoms with Crippen molar-refractivity contribution < 1.29 is 4.39 Å². The first-order valence-electron chi connectivity index (χ1n) is 7.06. The number of nitrogens with zero attached hydrogens (tertiary/aromatic N) is 2. The molecule has 1 fully saturated rings. The summed E-state index contributed by atoms with van der Waals surface area (Å²) in [6, 6.07) is 4.87. The molecule has 5 heteroatoms. The van der Waals surface area contributed by atoms with Gasteiger partial charge >= 0.3 is 0 Å². The van der Waals surface area contributed by atoms with Gasteiger partial charge in [-0.05, 0) is 52.2 Å². The van der Waals surface area contributed by atoms with Gasteiger partial charge in [0.25, 0.3) is 0 Å². The molecule has 0 saturated carbocycles. The van der Waals surface area contributed by atoms with E-state index >= 15 is 0 Å². The molecular weight excluding hydrogens is 277 g/mol. The van der Waals surface area contributed by atoms with Crippen LogP contribution in [-0.2, 0) is 6.42 Å². The van der Waals surface area contributed by atoms with Crippen LogP contribution in [0.2, 0.25) is 5.02 Å². The molecule has 0 amide bonds. The summed E-state index contributed by atoms with van der Waals surface area (Å²) < 4.78 is 13.9. The van der Waals surface area contributed by atoms with Crippen molar-refractivity contribution in [3.05, 3.63) is 34.6 Å². The van der Waals surface area contributed by atoms with E-state index < -0.39 is 0 Å². The molecule has 0 bridgehead atoms. The zero-order valence-corrected chi connectivity index (χ0v) is 12.9. The van der Waals surface area contributed by atoms with Gasteiger partial charge in [0.1, 0.15) is 5.82 Å². The number of benzene rings is 1. The molecule has 0 aliphatic carbocycles. The lowest BCUT2D eigenvalue weighted by Crippen LogP contribution is -2.51. The molecule has 3 nitrogen and oxygen atoms in total. The first-order chi connectivity index (χ1) is 9.49. The standard InChI is InChI=1S/C15H23ClFN3/c1-19-7-4-8-20(2)15(10-19)14(18)9-11-12(16)5-3-6-13(11)17/h3,5-6,14-15H,4,7-10,18H2,1-2H3. The van der Waals surface area contributed by atoms with Gasteiger partial charge < -0.3 is 15.5 Å². The minimum absolute atomic E-state index is 0.130. The van der Waals surface area contributed by atoms with Gasteiger partial charge in [-0.15, -0.1) is 0 Å². The van der Waals surface area contributed by atoms with E-state index in [1.54, 1.807) is 12.1 Å². The van der Waals surface area contributed by atoms with Crippen LogP contribution in [0, 0.1) is 5.82 Å². The molecule has 1 aromatic carbocycles. The maximum atomic E-state index is 13.9. The molecule has 1 aromatic rings. The minimum atomic E-state index is -0.266. The number of hydrogen-bond acceptors (Lipinski definition) is 3.